The first-order chi connectivity index (χ1) is 21.6. The van der Waals surface area contributed by atoms with E-state index in [1.807, 2.05) is 45.0 Å². The SMILES string of the molecule is CC(C)(C)c1ccc(CCc2cc(C(=O)Nc3ccc(S(=O)(=O)c4ccc(C(C)(C)C)cc4)c(C(F)(F)F)c3)c(O)c(O)c2O)cc1. The van der Waals surface area contributed by atoms with E-state index >= 15 is 0 Å². The second-order valence-corrected chi connectivity index (χ2v) is 15.4. The molecule has 0 aliphatic heterocycles. The van der Waals surface area contributed by atoms with Crippen molar-refractivity contribution in [2.45, 2.75) is 81.2 Å². The molecule has 0 bridgehead atoms. The summed E-state index contributed by atoms with van der Waals surface area (Å²) in [5.41, 5.74) is 0.213. The smallest absolute Gasteiger partial charge is 0.417 e. The first-order valence-electron chi connectivity index (χ1n) is 14.8. The molecule has 0 saturated carbocycles. The summed E-state index contributed by atoms with van der Waals surface area (Å²) in [5.74, 6) is -3.64. The summed E-state index contributed by atoms with van der Waals surface area (Å²) in [6.45, 7) is 12.0. The van der Waals surface area contributed by atoms with Crippen molar-refractivity contribution in [3.05, 3.63) is 106 Å². The van der Waals surface area contributed by atoms with Crippen LogP contribution in [0.5, 0.6) is 17.2 Å². The minimum absolute atomic E-state index is 0.0460. The molecule has 0 fully saturated rings. The van der Waals surface area contributed by atoms with E-state index in [1.54, 1.807) is 12.1 Å². The Morgan fingerprint density at radius 2 is 1.23 bits per heavy atom. The van der Waals surface area contributed by atoms with Crippen LogP contribution >= 0.6 is 0 Å². The lowest BCUT2D eigenvalue weighted by Gasteiger charge is -2.20. The summed E-state index contributed by atoms with van der Waals surface area (Å²) in [4.78, 5) is 11.9. The molecule has 4 N–H and O–H groups in total. The number of benzene rings is 4. The van der Waals surface area contributed by atoms with Crippen molar-refractivity contribution >= 4 is 21.4 Å². The number of anilines is 1. The van der Waals surface area contributed by atoms with Gasteiger partial charge in [0.05, 0.1) is 20.9 Å². The molecule has 250 valence electrons. The average molecular weight is 670 g/mol. The van der Waals surface area contributed by atoms with Gasteiger partial charge in [-0.1, -0.05) is 77.9 Å². The number of hydrogen-bond acceptors (Lipinski definition) is 6. The Labute approximate surface area is 272 Å². The normalized spacial score (nSPS) is 12.6. The van der Waals surface area contributed by atoms with Crippen molar-refractivity contribution in [2.24, 2.45) is 0 Å². The van der Waals surface area contributed by atoms with Gasteiger partial charge in [0.25, 0.3) is 5.91 Å². The topological polar surface area (TPSA) is 124 Å². The van der Waals surface area contributed by atoms with Gasteiger partial charge in [-0.25, -0.2) is 8.42 Å². The standard InChI is InChI=1S/C36H38F3NO6S/c1-34(2,3)23-11-8-21(9-12-23)7-10-22-19-27(31(42)32(43)30(22)41)33(44)40-25-15-18-29(28(20-25)36(37,38)39)47(45,46)26-16-13-24(14-17-26)35(4,5)6/h8-9,11-20,41-43H,7,10H2,1-6H3,(H,40,44). The molecule has 0 atom stereocenters. The molecular formula is C36H38F3NO6S. The van der Waals surface area contributed by atoms with Crippen molar-refractivity contribution in [1.29, 1.82) is 0 Å². The molecule has 0 unspecified atom stereocenters. The number of aryl methyl sites for hydroxylation is 2. The molecular weight excluding hydrogens is 631 g/mol. The Morgan fingerprint density at radius 3 is 1.74 bits per heavy atom. The van der Waals surface area contributed by atoms with Crippen molar-refractivity contribution in [1.82, 2.24) is 0 Å². The third kappa shape index (κ3) is 7.73. The second kappa shape index (κ2) is 12.6. The average Bonchev–Trinajstić information content (AvgIpc) is 2.98. The number of nitrogens with one attached hydrogen (secondary N) is 1. The van der Waals surface area contributed by atoms with Crippen LogP contribution in [0.1, 0.15) is 79.7 Å². The Kier molecular flexibility index (Phi) is 9.47. The van der Waals surface area contributed by atoms with Crippen LogP contribution in [-0.4, -0.2) is 29.6 Å². The predicted molar refractivity (Wildman–Crippen MR) is 174 cm³/mol. The molecule has 47 heavy (non-hydrogen) atoms. The fourth-order valence-corrected chi connectivity index (χ4v) is 6.50. The van der Waals surface area contributed by atoms with Crippen LogP contribution < -0.4 is 5.32 Å². The van der Waals surface area contributed by atoms with Crippen molar-refractivity contribution in [3.63, 3.8) is 0 Å². The first kappa shape index (κ1) is 35.3. The monoisotopic (exact) mass is 669 g/mol. The van der Waals surface area contributed by atoms with Gasteiger partial charge < -0.3 is 20.6 Å². The molecule has 0 aliphatic carbocycles. The number of sulfone groups is 1. The van der Waals surface area contributed by atoms with Gasteiger partial charge in [0.1, 0.15) is 0 Å². The summed E-state index contributed by atoms with van der Waals surface area (Å²) < 4.78 is 69.2. The number of alkyl halides is 3. The van der Waals surface area contributed by atoms with Crippen LogP contribution in [0, 0.1) is 0 Å². The number of amides is 1. The maximum Gasteiger partial charge on any atom is 0.417 e. The lowest BCUT2D eigenvalue weighted by atomic mass is 9.86. The zero-order valence-corrected chi connectivity index (χ0v) is 27.8. The number of aromatic hydroxyl groups is 3. The molecule has 0 radical (unpaired) electrons. The van der Waals surface area contributed by atoms with Crippen molar-refractivity contribution < 1.29 is 41.7 Å². The van der Waals surface area contributed by atoms with Gasteiger partial charge in [0.2, 0.25) is 15.6 Å². The fourth-order valence-electron chi connectivity index (χ4n) is 5.04. The summed E-state index contributed by atoms with van der Waals surface area (Å²) in [6.07, 6.45) is -4.53. The Bertz CT molecular complexity index is 1900. The Hall–Kier alpha value is -4.51. The zero-order valence-electron chi connectivity index (χ0n) is 27.0. The maximum absolute atomic E-state index is 14.2. The molecule has 0 aromatic heterocycles. The molecule has 1 amide bonds. The number of carbonyl (C=O) groups excluding carboxylic acids is 1. The largest absolute Gasteiger partial charge is 0.504 e. The van der Waals surface area contributed by atoms with E-state index in [9.17, 15) is 41.7 Å². The highest BCUT2D eigenvalue weighted by Gasteiger charge is 2.38. The summed E-state index contributed by atoms with van der Waals surface area (Å²) >= 11 is 0. The van der Waals surface area contributed by atoms with E-state index in [2.05, 4.69) is 26.1 Å². The van der Waals surface area contributed by atoms with Crippen molar-refractivity contribution in [3.8, 4) is 17.2 Å². The maximum atomic E-state index is 14.2. The lowest BCUT2D eigenvalue weighted by Crippen LogP contribution is -2.17. The highest BCUT2D eigenvalue weighted by Crippen LogP contribution is 2.42. The summed E-state index contributed by atoms with van der Waals surface area (Å²) in [5, 5.41) is 33.5. The summed E-state index contributed by atoms with van der Waals surface area (Å²) in [7, 11) is -4.61. The van der Waals surface area contributed by atoms with E-state index < -0.39 is 60.9 Å². The minimum atomic E-state index is -5.11. The van der Waals surface area contributed by atoms with Crippen LogP contribution in [0.25, 0.3) is 0 Å². The molecule has 4 aromatic carbocycles. The van der Waals surface area contributed by atoms with E-state index in [4.69, 9.17) is 0 Å². The van der Waals surface area contributed by atoms with Crippen LogP contribution in [0.4, 0.5) is 18.9 Å². The molecule has 0 spiro atoms. The number of carbonyl (C=O) groups is 1. The predicted octanol–water partition coefficient (Wildman–Crippen LogP) is 8.29. The highest BCUT2D eigenvalue weighted by atomic mass is 32.2. The quantitative estimate of drug-likeness (QED) is 0.147. The van der Waals surface area contributed by atoms with Gasteiger partial charge in [0.15, 0.2) is 11.5 Å². The van der Waals surface area contributed by atoms with E-state index in [-0.39, 0.29) is 27.7 Å². The van der Waals surface area contributed by atoms with Crippen LogP contribution in [0.3, 0.4) is 0 Å². The van der Waals surface area contributed by atoms with Gasteiger partial charge in [-0.2, -0.15) is 13.2 Å². The molecule has 0 aliphatic rings. The molecule has 0 saturated heterocycles. The summed E-state index contributed by atoms with van der Waals surface area (Å²) in [6, 6.07) is 16.8. The minimum Gasteiger partial charge on any atom is -0.504 e. The number of halogens is 3. The van der Waals surface area contributed by atoms with Gasteiger partial charge in [-0.05, 0) is 82.3 Å². The molecule has 4 aromatic rings. The molecule has 0 heterocycles. The van der Waals surface area contributed by atoms with Crippen LogP contribution in [0.2, 0.25) is 0 Å². The van der Waals surface area contributed by atoms with Gasteiger partial charge >= 0.3 is 6.18 Å². The molecule has 7 nitrogen and oxygen atoms in total. The van der Waals surface area contributed by atoms with Gasteiger partial charge in [-0.15, -0.1) is 0 Å². The number of phenolic OH excluding ortho intramolecular Hbond substituents is 3. The third-order valence-electron chi connectivity index (χ3n) is 7.94. The number of rotatable bonds is 7. The second-order valence-electron chi connectivity index (χ2n) is 13.5. The zero-order chi connectivity index (χ0) is 35.1. The number of phenols is 3. The van der Waals surface area contributed by atoms with E-state index in [1.165, 1.54) is 12.1 Å². The Balaban J connectivity index is 1.62. The molecule has 4 rings (SSSR count). The lowest BCUT2D eigenvalue weighted by molar-refractivity contribution is -0.139. The Morgan fingerprint density at radius 1 is 0.702 bits per heavy atom. The fraction of sp³-hybridized carbons (Fsp3) is 0.306. The van der Waals surface area contributed by atoms with Gasteiger partial charge in [-0.3, -0.25) is 4.79 Å². The van der Waals surface area contributed by atoms with Gasteiger partial charge in [0, 0.05) is 5.69 Å². The van der Waals surface area contributed by atoms with Crippen LogP contribution in [0.15, 0.2) is 82.6 Å². The third-order valence-corrected chi connectivity index (χ3v) is 9.76. The number of hydrogen-bond donors (Lipinski definition) is 4. The van der Waals surface area contributed by atoms with Crippen molar-refractivity contribution in [2.75, 3.05) is 5.32 Å². The van der Waals surface area contributed by atoms with Crippen LogP contribution in [-0.2, 0) is 39.7 Å². The first-order valence-corrected chi connectivity index (χ1v) is 16.3. The van der Waals surface area contributed by atoms with E-state index in [0.717, 1.165) is 34.9 Å². The molecule has 11 heteroatoms. The highest BCUT2D eigenvalue weighted by molar-refractivity contribution is 7.91. The van der Waals surface area contributed by atoms with E-state index in [0.29, 0.717) is 12.5 Å².